The molecular formula is C13H25N3O3. The molecule has 1 rings (SSSR count). The van der Waals surface area contributed by atoms with Gasteiger partial charge >= 0.3 is 0 Å². The number of aliphatic hydroxyl groups is 1. The normalized spacial score (nSPS) is 13.1. The summed E-state index contributed by atoms with van der Waals surface area (Å²) in [5, 5.41) is 16.3. The van der Waals surface area contributed by atoms with E-state index in [1.807, 2.05) is 0 Å². The maximum atomic E-state index is 9.68. The van der Waals surface area contributed by atoms with Crippen molar-refractivity contribution in [1.82, 2.24) is 15.5 Å². The molecule has 110 valence electrons. The zero-order valence-electron chi connectivity index (χ0n) is 11.8. The van der Waals surface area contributed by atoms with Gasteiger partial charge in [-0.1, -0.05) is 19.0 Å². The number of nitrogens with zero attached hydrogens (tertiary/aromatic N) is 2. The van der Waals surface area contributed by atoms with E-state index in [0.29, 0.717) is 37.9 Å². The van der Waals surface area contributed by atoms with Crippen LogP contribution in [-0.2, 0) is 11.2 Å². The molecule has 0 aliphatic rings. The zero-order chi connectivity index (χ0) is 13.9. The quantitative estimate of drug-likeness (QED) is 0.585. The van der Waals surface area contributed by atoms with Gasteiger partial charge in [0.15, 0.2) is 6.33 Å². The third kappa shape index (κ3) is 8.69. The van der Waals surface area contributed by atoms with Crippen molar-refractivity contribution in [2.45, 2.75) is 39.2 Å². The van der Waals surface area contributed by atoms with Crippen LogP contribution in [-0.4, -0.2) is 47.7 Å². The lowest BCUT2D eigenvalue weighted by Crippen LogP contribution is -2.31. The molecule has 2 N–H and O–H groups in total. The average Bonchev–Trinajstić information content (AvgIpc) is 2.87. The predicted molar refractivity (Wildman–Crippen MR) is 71.8 cm³/mol. The number of rotatable bonds is 11. The van der Waals surface area contributed by atoms with Crippen molar-refractivity contribution >= 4 is 0 Å². The van der Waals surface area contributed by atoms with Crippen LogP contribution in [0.15, 0.2) is 10.9 Å². The van der Waals surface area contributed by atoms with Gasteiger partial charge in [0.05, 0.1) is 12.7 Å². The van der Waals surface area contributed by atoms with E-state index in [2.05, 4.69) is 29.3 Å². The highest BCUT2D eigenvalue weighted by atomic mass is 16.5. The molecule has 0 bridgehead atoms. The van der Waals surface area contributed by atoms with Crippen LogP contribution in [0.4, 0.5) is 0 Å². The summed E-state index contributed by atoms with van der Waals surface area (Å²) in [4.78, 5) is 3.91. The summed E-state index contributed by atoms with van der Waals surface area (Å²) in [6.45, 7) is 6.71. The molecule has 0 spiro atoms. The summed E-state index contributed by atoms with van der Waals surface area (Å²) in [5.41, 5.74) is 0. The standard InChI is InChI=1S/C13H25N3O3/c1-11(2)4-3-7-18-9-12(17)8-14-6-5-13-15-10-16-19-13/h10-12,14,17H,3-9H2,1-2H3. The molecule has 6 heteroatoms. The minimum atomic E-state index is -0.471. The van der Waals surface area contributed by atoms with Crippen molar-refractivity contribution in [2.24, 2.45) is 5.92 Å². The number of ether oxygens (including phenoxy) is 1. The van der Waals surface area contributed by atoms with Gasteiger partial charge in [-0.2, -0.15) is 4.98 Å². The van der Waals surface area contributed by atoms with Gasteiger partial charge in [-0.3, -0.25) is 0 Å². The Labute approximate surface area is 114 Å². The Bertz CT molecular complexity index is 304. The molecule has 0 aliphatic heterocycles. The van der Waals surface area contributed by atoms with Gasteiger partial charge in [-0.25, -0.2) is 0 Å². The fourth-order valence-corrected chi connectivity index (χ4v) is 1.64. The summed E-state index contributed by atoms with van der Waals surface area (Å²) < 4.78 is 10.3. The van der Waals surface area contributed by atoms with Crippen LogP contribution in [0.1, 0.15) is 32.6 Å². The average molecular weight is 271 g/mol. The number of nitrogens with one attached hydrogen (secondary N) is 1. The van der Waals surface area contributed by atoms with E-state index in [4.69, 9.17) is 9.26 Å². The molecule has 1 heterocycles. The van der Waals surface area contributed by atoms with E-state index in [0.717, 1.165) is 13.0 Å². The van der Waals surface area contributed by atoms with E-state index in [-0.39, 0.29) is 0 Å². The number of aromatic nitrogens is 2. The maximum absolute atomic E-state index is 9.68. The lowest BCUT2D eigenvalue weighted by molar-refractivity contribution is 0.0349. The molecule has 19 heavy (non-hydrogen) atoms. The summed E-state index contributed by atoms with van der Waals surface area (Å²) in [7, 11) is 0. The van der Waals surface area contributed by atoms with Gasteiger partial charge in [-0.15, -0.1) is 0 Å². The summed E-state index contributed by atoms with van der Waals surface area (Å²) in [5.74, 6) is 1.31. The Kier molecular flexibility index (Phi) is 8.36. The largest absolute Gasteiger partial charge is 0.389 e. The van der Waals surface area contributed by atoms with E-state index >= 15 is 0 Å². The van der Waals surface area contributed by atoms with Crippen molar-refractivity contribution in [3.05, 3.63) is 12.2 Å². The number of hydrogen-bond donors (Lipinski definition) is 2. The molecule has 0 saturated carbocycles. The topological polar surface area (TPSA) is 80.4 Å². The van der Waals surface area contributed by atoms with Gasteiger partial charge in [0.1, 0.15) is 0 Å². The minimum absolute atomic E-state index is 0.381. The first-order valence-electron chi connectivity index (χ1n) is 6.90. The summed E-state index contributed by atoms with van der Waals surface area (Å²) >= 11 is 0. The van der Waals surface area contributed by atoms with Crippen LogP contribution < -0.4 is 5.32 Å². The highest BCUT2D eigenvalue weighted by Crippen LogP contribution is 2.03. The Hall–Kier alpha value is -0.980. The van der Waals surface area contributed by atoms with Crippen LogP contribution in [0.2, 0.25) is 0 Å². The second-order valence-electron chi connectivity index (χ2n) is 5.05. The number of aliphatic hydroxyl groups excluding tert-OH is 1. The van der Waals surface area contributed by atoms with Gasteiger partial charge in [0.2, 0.25) is 5.89 Å². The van der Waals surface area contributed by atoms with Crippen LogP contribution >= 0.6 is 0 Å². The lowest BCUT2D eigenvalue weighted by atomic mass is 10.1. The van der Waals surface area contributed by atoms with Crippen molar-refractivity contribution < 1.29 is 14.4 Å². The first-order valence-corrected chi connectivity index (χ1v) is 6.90. The van der Waals surface area contributed by atoms with Gasteiger partial charge in [0, 0.05) is 26.1 Å². The van der Waals surface area contributed by atoms with Gasteiger partial charge in [-0.05, 0) is 18.8 Å². The lowest BCUT2D eigenvalue weighted by Gasteiger charge is -2.12. The van der Waals surface area contributed by atoms with Gasteiger partial charge in [0.25, 0.3) is 0 Å². The Morgan fingerprint density at radius 3 is 3.00 bits per heavy atom. The zero-order valence-corrected chi connectivity index (χ0v) is 11.8. The molecule has 1 aromatic rings. The first kappa shape index (κ1) is 16.1. The summed E-state index contributed by atoms with van der Waals surface area (Å²) in [6.07, 6.45) is 3.80. The Morgan fingerprint density at radius 1 is 1.47 bits per heavy atom. The van der Waals surface area contributed by atoms with Crippen molar-refractivity contribution in [2.75, 3.05) is 26.3 Å². The van der Waals surface area contributed by atoms with Crippen molar-refractivity contribution in [1.29, 1.82) is 0 Å². The Morgan fingerprint density at radius 2 is 2.32 bits per heavy atom. The highest BCUT2D eigenvalue weighted by Gasteiger charge is 2.04. The maximum Gasteiger partial charge on any atom is 0.227 e. The van der Waals surface area contributed by atoms with Crippen LogP contribution in [0.3, 0.4) is 0 Å². The molecule has 0 aliphatic carbocycles. The molecule has 6 nitrogen and oxygen atoms in total. The minimum Gasteiger partial charge on any atom is -0.389 e. The summed E-state index contributed by atoms with van der Waals surface area (Å²) in [6, 6.07) is 0. The second-order valence-corrected chi connectivity index (χ2v) is 5.05. The van der Waals surface area contributed by atoms with E-state index in [1.165, 1.54) is 12.7 Å². The molecule has 0 radical (unpaired) electrons. The molecule has 0 fully saturated rings. The highest BCUT2D eigenvalue weighted by molar-refractivity contribution is 4.75. The fraction of sp³-hybridized carbons (Fsp3) is 0.846. The fourth-order valence-electron chi connectivity index (χ4n) is 1.64. The first-order chi connectivity index (χ1) is 9.18. The monoisotopic (exact) mass is 271 g/mol. The molecule has 1 aromatic heterocycles. The van der Waals surface area contributed by atoms with E-state index < -0.39 is 6.10 Å². The van der Waals surface area contributed by atoms with Crippen LogP contribution in [0, 0.1) is 5.92 Å². The molecule has 0 saturated heterocycles. The predicted octanol–water partition coefficient (Wildman–Crippen LogP) is 1.02. The SMILES string of the molecule is CC(C)CCCOCC(O)CNCCc1ncno1. The molecular weight excluding hydrogens is 246 g/mol. The van der Waals surface area contributed by atoms with Gasteiger partial charge < -0.3 is 19.7 Å². The molecule has 1 unspecified atom stereocenters. The molecule has 0 aromatic carbocycles. The third-order valence-corrected chi connectivity index (χ3v) is 2.68. The smallest absolute Gasteiger partial charge is 0.227 e. The number of hydrogen-bond acceptors (Lipinski definition) is 6. The second kappa shape index (κ2) is 9.89. The van der Waals surface area contributed by atoms with E-state index in [9.17, 15) is 5.11 Å². The van der Waals surface area contributed by atoms with Crippen molar-refractivity contribution in [3.63, 3.8) is 0 Å². The third-order valence-electron chi connectivity index (χ3n) is 2.68. The van der Waals surface area contributed by atoms with Crippen molar-refractivity contribution in [3.8, 4) is 0 Å². The van der Waals surface area contributed by atoms with Crippen LogP contribution in [0.5, 0.6) is 0 Å². The molecule has 1 atom stereocenters. The Balaban J connectivity index is 1.89. The molecule has 0 amide bonds. The van der Waals surface area contributed by atoms with E-state index in [1.54, 1.807) is 0 Å². The van der Waals surface area contributed by atoms with Crippen LogP contribution in [0.25, 0.3) is 0 Å².